The quantitative estimate of drug-likeness (QED) is 0.916. The topological polar surface area (TPSA) is 46.5 Å². The molecule has 0 atom stereocenters. The summed E-state index contributed by atoms with van der Waals surface area (Å²) in [5, 5.41) is 8.71. The van der Waals surface area contributed by atoms with Crippen LogP contribution in [0.1, 0.15) is 21.5 Å². The SMILES string of the molecule is Cc1cccc(COc2ccc(C(=O)O)c(F)c2)c1. The predicted molar refractivity (Wildman–Crippen MR) is 68.9 cm³/mol. The van der Waals surface area contributed by atoms with Gasteiger partial charge in [0.1, 0.15) is 18.2 Å². The minimum Gasteiger partial charge on any atom is -0.489 e. The average molecular weight is 260 g/mol. The van der Waals surface area contributed by atoms with Crippen LogP contribution in [0.25, 0.3) is 0 Å². The van der Waals surface area contributed by atoms with Gasteiger partial charge in [-0.1, -0.05) is 29.8 Å². The van der Waals surface area contributed by atoms with Crippen molar-refractivity contribution in [2.45, 2.75) is 13.5 Å². The Kier molecular flexibility index (Phi) is 3.80. The van der Waals surface area contributed by atoms with Crippen molar-refractivity contribution < 1.29 is 19.0 Å². The molecule has 4 heteroatoms. The van der Waals surface area contributed by atoms with Crippen LogP contribution in [-0.2, 0) is 6.61 Å². The van der Waals surface area contributed by atoms with E-state index in [9.17, 15) is 9.18 Å². The number of hydrogen-bond donors (Lipinski definition) is 1. The molecule has 0 aromatic heterocycles. The highest BCUT2D eigenvalue weighted by Gasteiger charge is 2.10. The lowest BCUT2D eigenvalue weighted by atomic mass is 10.1. The molecular formula is C15H13FO3. The fraction of sp³-hybridized carbons (Fsp3) is 0.133. The zero-order valence-corrected chi connectivity index (χ0v) is 10.4. The number of aromatic carboxylic acids is 1. The molecule has 0 saturated carbocycles. The van der Waals surface area contributed by atoms with Gasteiger partial charge in [0.05, 0.1) is 5.56 Å². The molecule has 0 bridgehead atoms. The molecule has 19 heavy (non-hydrogen) atoms. The van der Waals surface area contributed by atoms with Gasteiger partial charge >= 0.3 is 5.97 Å². The van der Waals surface area contributed by atoms with Crippen molar-refractivity contribution in [2.24, 2.45) is 0 Å². The van der Waals surface area contributed by atoms with E-state index < -0.39 is 11.8 Å². The van der Waals surface area contributed by atoms with E-state index in [0.717, 1.165) is 17.2 Å². The molecule has 0 saturated heterocycles. The second-order valence-electron chi connectivity index (χ2n) is 4.22. The maximum absolute atomic E-state index is 13.4. The normalized spacial score (nSPS) is 10.2. The second kappa shape index (κ2) is 5.52. The van der Waals surface area contributed by atoms with Crippen molar-refractivity contribution in [3.05, 3.63) is 65.0 Å². The van der Waals surface area contributed by atoms with Gasteiger partial charge in [-0.15, -0.1) is 0 Å². The van der Waals surface area contributed by atoms with Gasteiger partial charge in [-0.05, 0) is 24.6 Å². The Bertz CT molecular complexity index is 608. The van der Waals surface area contributed by atoms with Crippen LogP contribution in [0.4, 0.5) is 4.39 Å². The second-order valence-corrected chi connectivity index (χ2v) is 4.22. The Morgan fingerprint density at radius 1 is 1.26 bits per heavy atom. The lowest BCUT2D eigenvalue weighted by Gasteiger charge is -2.07. The molecule has 0 heterocycles. The van der Waals surface area contributed by atoms with Crippen LogP contribution in [0.15, 0.2) is 42.5 Å². The zero-order chi connectivity index (χ0) is 13.8. The monoisotopic (exact) mass is 260 g/mol. The van der Waals surface area contributed by atoms with Crippen LogP contribution in [0.2, 0.25) is 0 Å². The van der Waals surface area contributed by atoms with E-state index in [1.165, 1.54) is 12.1 Å². The van der Waals surface area contributed by atoms with Crippen LogP contribution in [-0.4, -0.2) is 11.1 Å². The number of benzene rings is 2. The Morgan fingerprint density at radius 3 is 2.68 bits per heavy atom. The van der Waals surface area contributed by atoms with Crippen molar-refractivity contribution in [3.63, 3.8) is 0 Å². The van der Waals surface area contributed by atoms with E-state index >= 15 is 0 Å². The Labute approximate surface area is 110 Å². The predicted octanol–water partition coefficient (Wildman–Crippen LogP) is 3.41. The van der Waals surface area contributed by atoms with Gasteiger partial charge in [0, 0.05) is 6.07 Å². The number of aryl methyl sites for hydroxylation is 1. The summed E-state index contributed by atoms with van der Waals surface area (Å²) in [5.41, 5.74) is 1.74. The lowest BCUT2D eigenvalue weighted by molar-refractivity contribution is 0.0692. The third-order valence-electron chi connectivity index (χ3n) is 2.66. The largest absolute Gasteiger partial charge is 0.489 e. The Balaban J connectivity index is 2.08. The van der Waals surface area contributed by atoms with E-state index in [0.29, 0.717) is 12.4 Å². The van der Waals surface area contributed by atoms with Crippen molar-refractivity contribution in [3.8, 4) is 5.75 Å². The van der Waals surface area contributed by atoms with Gasteiger partial charge in [-0.3, -0.25) is 0 Å². The maximum Gasteiger partial charge on any atom is 0.338 e. The molecule has 1 N–H and O–H groups in total. The summed E-state index contributed by atoms with van der Waals surface area (Å²) in [5.74, 6) is -1.78. The smallest absolute Gasteiger partial charge is 0.338 e. The van der Waals surface area contributed by atoms with Crippen LogP contribution in [0.5, 0.6) is 5.75 Å². The van der Waals surface area contributed by atoms with E-state index in [1.807, 2.05) is 31.2 Å². The van der Waals surface area contributed by atoms with Gasteiger partial charge in [0.2, 0.25) is 0 Å². The first kappa shape index (κ1) is 13.1. The summed E-state index contributed by atoms with van der Waals surface area (Å²) in [6, 6.07) is 11.5. The van der Waals surface area contributed by atoms with Gasteiger partial charge in [-0.25, -0.2) is 9.18 Å². The Morgan fingerprint density at radius 2 is 2.05 bits per heavy atom. The molecule has 0 amide bonds. The van der Waals surface area contributed by atoms with Gasteiger partial charge in [0.15, 0.2) is 0 Å². The van der Waals surface area contributed by atoms with Gasteiger partial charge in [0.25, 0.3) is 0 Å². The maximum atomic E-state index is 13.4. The number of rotatable bonds is 4. The summed E-state index contributed by atoms with van der Waals surface area (Å²) in [7, 11) is 0. The summed E-state index contributed by atoms with van der Waals surface area (Å²) in [6.45, 7) is 2.29. The molecule has 2 rings (SSSR count). The minimum absolute atomic E-state index is 0.309. The molecule has 0 unspecified atom stereocenters. The van der Waals surface area contributed by atoms with Crippen molar-refractivity contribution in [1.82, 2.24) is 0 Å². The highest BCUT2D eigenvalue weighted by Crippen LogP contribution is 2.18. The molecule has 0 radical (unpaired) electrons. The van der Waals surface area contributed by atoms with Crippen LogP contribution < -0.4 is 4.74 Å². The molecule has 0 fully saturated rings. The van der Waals surface area contributed by atoms with Crippen molar-refractivity contribution in [1.29, 1.82) is 0 Å². The van der Waals surface area contributed by atoms with Crippen LogP contribution >= 0.6 is 0 Å². The molecule has 0 aliphatic carbocycles. The average Bonchev–Trinajstić information content (AvgIpc) is 2.36. The molecule has 3 nitrogen and oxygen atoms in total. The van der Waals surface area contributed by atoms with Crippen molar-refractivity contribution in [2.75, 3.05) is 0 Å². The van der Waals surface area contributed by atoms with Crippen LogP contribution in [0.3, 0.4) is 0 Å². The molecule has 2 aromatic rings. The highest BCUT2D eigenvalue weighted by molar-refractivity contribution is 5.88. The summed E-state index contributed by atoms with van der Waals surface area (Å²) in [4.78, 5) is 10.7. The first-order chi connectivity index (χ1) is 9.06. The number of carbonyl (C=O) groups is 1. The first-order valence-electron chi connectivity index (χ1n) is 5.77. The number of halogens is 1. The highest BCUT2D eigenvalue weighted by atomic mass is 19.1. The number of carboxylic acids is 1. The zero-order valence-electron chi connectivity index (χ0n) is 10.4. The number of ether oxygens (including phenoxy) is 1. The fourth-order valence-electron chi connectivity index (χ4n) is 1.73. The summed E-state index contributed by atoms with van der Waals surface area (Å²) >= 11 is 0. The summed E-state index contributed by atoms with van der Waals surface area (Å²) in [6.07, 6.45) is 0. The molecule has 0 aliphatic rings. The van der Waals surface area contributed by atoms with Gasteiger partial charge in [-0.2, -0.15) is 0 Å². The molecule has 0 aliphatic heterocycles. The number of hydrogen-bond acceptors (Lipinski definition) is 2. The standard InChI is InChI=1S/C15H13FO3/c1-10-3-2-4-11(7-10)9-19-12-5-6-13(15(17)18)14(16)8-12/h2-8H,9H2,1H3,(H,17,18). The van der Waals surface area contributed by atoms with E-state index in [4.69, 9.17) is 9.84 Å². The molecule has 2 aromatic carbocycles. The molecular weight excluding hydrogens is 247 g/mol. The third-order valence-corrected chi connectivity index (χ3v) is 2.66. The summed E-state index contributed by atoms with van der Waals surface area (Å²) < 4.78 is 18.9. The fourth-order valence-corrected chi connectivity index (χ4v) is 1.73. The Hall–Kier alpha value is -2.36. The van der Waals surface area contributed by atoms with Crippen LogP contribution in [0, 0.1) is 12.7 Å². The van der Waals surface area contributed by atoms with Crippen molar-refractivity contribution >= 4 is 5.97 Å². The molecule has 0 spiro atoms. The van der Waals surface area contributed by atoms with Gasteiger partial charge < -0.3 is 9.84 Å². The number of carboxylic acid groups (broad SMARTS) is 1. The first-order valence-corrected chi connectivity index (χ1v) is 5.77. The van der Waals surface area contributed by atoms with E-state index in [1.54, 1.807) is 0 Å². The third kappa shape index (κ3) is 3.31. The lowest BCUT2D eigenvalue weighted by Crippen LogP contribution is -2.01. The minimum atomic E-state index is -1.29. The van der Waals surface area contributed by atoms with E-state index in [2.05, 4.69) is 0 Å². The van der Waals surface area contributed by atoms with E-state index in [-0.39, 0.29) is 5.56 Å². The molecule has 98 valence electrons.